The van der Waals surface area contributed by atoms with Gasteiger partial charge in [-0.3, -0.25) is 0 Å². The van der Waals surface area contributed by atoms with Gasteiger partial charge in [0.25, 0.3) is 0 Å². The summed E-state index contributed by atoms with van der Waals surface area (Å²) in [5.74, 6) is -2.69. The van der Waals surface area contributed by atoms with E-state index in [0.29, 0.717) is 11.4 Å². The SMILES string of the molecule is Nc1ccccc1C(/C=C\c1ccc(F)cc1F)SC(/C=C\c1ccc(F)cc1F)c1ccccc1N. The molecule has 0 spiro atoms. The molecule has 37 heavy (non-hydrogen) atoms. The van der Waals surface area contributed by atoms with Crippen LogP contribution >= 0.6 is 11.8 Å². The summed E-state index contributed by atoms with van der Waals surface area (Å²) in [6.45, 7) is 0. The molecule has 188 valence electrons. The molecule has 0 aliphatic rings. The van der Waals surface area contributed by atoms with Gasteiger partial charge in [0.15, 0.2) is 0 Å². The van der Waals surface area contributed by atoms with E-state index in [1.807, 2.05) is 36.4 Å². The Kier molecular flexibility index (Phi) is 8.36. The number of hydrogen-bond donors (Lipinski definition) is 2. The maximum atomic E-state index is 14.3. The predicted octanol–water partition coefficient (Wildman–Crippen LogP) is 8.35. The molecule has 4 rings (SSSR count). The van der Waals surface area contributed by atoms with E-state index in [2.05, 4.69) is 0 Å². The Bertz CT molecular complexity index is 1340. The molecule has 4 N–H and O–H groups in total. The Balaban J connectivity index is 1.75. The number of hydrogen-bond acceptors (Lipinski definition) is 3. The largest absolute Gasteiger partial charge is 0.398 e. The lowest BCUT2D eigenvalue weighted by Gasteiger charge is -2.22. The maximum absolute atomic E-state index is 14.3. The molecule has 0 aliphatic carbocycles. The number of nitrogen functional groups attached to an aromatic ring is 2. The smallest absolute Gasteiger partial charge is 0.133 e. The monoisotopic (exact) mass is 520 g/mol. The van der Waals surface area contributed by atoms with E-state index in [1.165, 1.54) is 36.0 Å². The van der Waals surface area contributed by atoms with Gasteiger partial charge in [-0.15, -0.1) is 11.8 Å². The second kappa shape index (κ2) is 11.8. The summed E-state index contributed by atoms with van der Waals surface area (Å²) in [6, 6.07) is 21.4. The number of para-hydroxylation sites is 2. The molecule has 0 fully saturated rings. The van der Waals surface area contributed by atoms with Gasteiger partial charge in [-0.1, -0.05) is 60.7 Å². The Morgan fingerprint density at radius 3 is 1.35 bits per heavy atom. The molecule has 4 aromatic carbocycles. The molecule has 0 saturated heterocycles. The van der Waals surface area contributed by atoms with Crippen LogP contribution in [-0.2, 0) is 0 Å². The van der Waals surface area contributed by atoms with Gasteiger partial charge in [0, 0.05) is 34.6 Å². The van der Waals surface area contributed by atoms with Crippen molar-refractivity contribution in [3.63, 3.8) is 0 Å². The standard InChI is InChI=1S/C30H24F4N2S/c31-21-13-9-19(25(33)17-21)11-15-29(23-5-1-3-7-27(23)35)37-30(24-6-2-4-8-28(24)36)16-12-20-10-14-22(32)18-26(20)34/h1-18,29-30H,35-36H2/b15-11-,16-12-. The van der Waals surface area contributed by atoms with E-state index in [4.69, 9.17) is 11.5 Å². The van der Waals surface area contributed by atoms with Crippen molar-refractivity contribution < 1.29 is 17.6 Å². The zero-order valence-corrected chi connectivity index (χ0v) is 20.4. The van der Waals surface area contributed by atoms with E-state index in [-0.39, 0.29) is 21.6 Å². The summed E-state index contributed by atoms with van der Waals surface area (Å²) in [5.41, 5.74) is 15.7. The topological polar surface area (TPSA) is 52.0 Å². The van der Waals surface area contributed by atoms with Gasteiger partial charge in [0.2, 0.25) is 0 Å². The van der Waals surface area contributed by atoms with Gasteiger partial charge >= 0.3 is 0 Å². The summed E-state index contributed by atoms with van der Waals surface area (Å²) in [4.78, 5) is 0. The molecule has 0 aliphatic heterocycles. The number of thioether (sulfide) groups is 1. The van der Waals surface area contributed by atoms with Crippen LogP contribution in [0.2, 0.25) is 0 Å². The van der Waals surface area contributed by atoms with Crippen LogP contribution < -0.4 is 11.5 Å². The van der Waals surface area contributed by atoms with Gasteiger partial charge in [-0.05, 0) is 47.5 Å². The van der Waals surface area contributed by atoms with Crippen LogP contribution in [0.4, 0.5) is 28.9 Å². The summed E-state index contributed by atoms with van der Waals surface area (Å²) >= 11 is 1.45. The zero-order chi connectivity index (χ0) is 26.4. The third kappa shape index (κ3) is 6.62. The highest BCUT2D eigenvalue weighted by atomic mass is 32.2. The lowest BCUT2D eigenvalue weighted by Crippen LogP contribution is -2.03. The molecule has 0 saturated carbocycles. The lowest BCUT2D eigenvalue weighted by atomic mass is 10.1. The first kappa shape index (κ1) is 26.1. The first-order chi connectivity index (χ1) is 17.8. The van der Waals surface area contributed by atoms with Crippen LogP contribution in [0.25, 0.3) is 12.2 Å². The van der Waals surface area contributed by atoms with Crippen LogP contribution in [-0.4, -0.2) is 0 Å². The van der Waals surface area contributed by atoms with Crippen molar-refractivity contribution in [1.82, 2.24) is 0 Å². The number of benzene rings is 4. The zero-order valence-electron chi connectivity index (χ0n) is 19.6. The molecule has 0 bridgehead atoms. The van der Waals surface area contributed by atoms with Crippen LogP contribution in [0.1, 0.15) is 32.8 Å². The number of rotatable bonds is 8. The molecule has 0 aromatic heterocycles. The fourth-order valence-corrected chi connectivity index (χ4v) is 5.18. The normalized spacial score (nSPS) is 13.3. The van der Waals surface area contributed by atoms with E-state index in [0.717, 1.165) is 23.3 Å². The first-order valence-corrected chi connectivity index (χ1v) is 12.4. The molecule has 2 unspecified atom stereocenters. The van der Waals surface area contributed by atoms with Crippen molar-refractivity contribution in [2.45, 2.75) is 10.5 Å². The summed E-state index contributed by atoms with van der Waals surface area (Å²) in [7, 11) is 0. The lowest BCUT2D eigenvalue weighted by molar-refractivity contribution is 0.581. The Morgan fingerprint density at radius 1 is 0.568 bits per heavy atom. The molecule has 2 atom stereocenters. The average molecular weight is 521 g/mol. The van der Waals surface area contributed by atoms with Crippen molar-refractivity contribution in [2.24, 2.45) is 0 Å². The molecule has 2 nitrogen and oxygen atoms in total. The second-order valence-corrected chi connectivity index (χ2v) is 9.57. The first-order valence-electron chi connectivity index (χ1n) is 11.4. The Hall–Kier alpha value is -3.97. The maximum Gasteiger partial charge on any atom is 0.133 e. The fraction of sp³-hybridized carbons (Fsp3) is 0.0667. The molecule has 0 amide bonds. The van der Waals surface area contributed by atoms with Crippen LogP contribution in [0.3, 0.4) is 0 Å². The summed E-state index contributed by atoms with van der Waals surface area (Å²) < 4.78 is 55.4. The minimum Gasteiger partial charge on any atom is -0.398 e. The third-order valence-corrected chi connectivity index (χ3v) is 7.13. The van der Waals surface area contributed by atoms with Crippen molar-refractivity contribution in [1.29, 1.82) is 0 Å². The van der Waals surface area contributed by atoms with E-state index in [1.54, 1.807) is 36.4 Å². The Labute approximate surface area is 217 Å². The summed E-state index contributed by atoms with van der Waals surface area (Å²) in [5, 5.41) is -0.754. The highest BCUT2D eigenvalue weighted by Crippen LogP contribution is 2.45. The van der Waals surface area contributed by atoms with Crippen molar-refractivity contribution in [3.05, 3.63) is 143 Å². The molecule has 0 radical (unpaired) electrons. The van der Waals surface area contributed by atoms with Crippen molar-refractivity contribution >= 4 is 35.3 Å². The van der Waals surface area contributed by atoms with Gasteiger partial charge in [0.1, 0.15) is 23.3 Å². The van der Waals surface area contributed by atoms with Gasteiger partial charge in [-0.2, -0.15) is 0 Å². The number of anilines is 2. The predicted molar refractivity (Wildman–Crippen MR) is 146 cm³/mol. The van der Waals surface area contributed by atoms with Gasteiger partial charge < -0.3 is 11.5 Å². The van der Waals surface area contributed by atoms with Crippen LogP contribution in [0.15, 0.2) is 97.1 Å². The van der Waals surface area contributed by atoms with E-state index < -0.39 is 23.3 Å². The number of halogens is 4. The summed E-state index contributed by atoms with van der Waals surface area (Å²) in [6.07, 6.45) is 6.72. The van der Waals surface area contributed by atoms with Crippen molar-refractivity contribution in [2.75, 3.05) is 11.5 Å². The average Bonchev–Trinajstić information content (AvgIpc) is 2.86. The van der Waals surface area contributed by atoms with Gasteiger partial charge in [-0.25, -0.2) is 17.6 Å². The minimum absolute atomic E-state index is 0.223. The molecular weight excluding hydrogens is 496 g/mol. The van der Waals surface area contributed by atoms with Crippen LogP contribution in [0, 0.1) is 23.3 Å². The van der Waals surface area contributed by atoms with Crippen LogP contribution in [0.5, 0.6) is 0 Å². The second-order valence-electron chi connectivity index (χ2n) is 8.29. The van der Waals surface area contributed by atoms with E-state index >= 15 is 0 Å². The molecule has 4 aromatic rings. The molecule has 0 heterocycles. The third-order valence-electron chi connectivity index (χ3n) is 5.72. The highest BCUT2D eigenvalue weighted by Gasteiger charge is 2.20. The quantitative estimate of drug-likeness (QED) is 0.181. The molecular formula is C30H24F4N2S. The van der Waals surface area contributed by atoms with E-state index in [9.17, 15) is 17.6 Å². The highest BCUT2D eigenvalue weighted by molar-refractivity contribution is 8.00. The minimum atomic E-state index is -0.684. The fourth-order valence-electron chi connectivity index (χ4n) is 3.80. The van der Waals surface area contributed by atoms with Gasteiger partial charge in [0.05, 0.1) is 10.5 Å². The molecule has 7 heteroatoms. The number of nitrogens with two attached hydrogens (primary N) is 2. The van der Waals surface area contributed by atoms with Crippen molar-refractivity contribution in [3.8, 4) is 0 Å². The Morgan fingerprint density at radius 2 is 0.973 bits per heavy atom.